The van der Waals surface area contributed by atoms with Crippen molar-refractivity contribution in [3.63, 3.8) is 0 Å². The van der Waals surface area contributed by atoms with Gasteiger partial charge in [0, 0.05) is 12.7 Å². The number of hydrogen-bond donors (Lipinski definition) is 2. The molecule has 1 heterocycles. The Kier molecular flexibility index (Phi) is 4.32. The summed E-state index contributed by atoms with van der Waals surface area (Å²) in [6.07, 6.45) is 0.732. The lowest BCUT2D eigenvalue weighted by Crippen LogP contribution is -2.30. The van der Waals surface area contributed by atoms with Crippen molar-refractivity contribution in [3.8, 4) is 0 Å². The molecule has 15 heavy (non-hydrogen) atoms. The number of aliphatic hydroxyl groups excluding tert-OH is 1. The predicted molar refractivity (Wildman–Crippen MR) is 58.3 cm³/mol. The Morgan fingerprint density at radius 1 is 1.67 bits per heavy atom. The van der Waals surface area contributed by atoms with Crippen LogP contribution in [0.4, 0.5) is 0 Å². The summed E-state index contributed by atoms with van der Waals surface area (Å²) in [5.74, 6) is -0.345. The number of halogens is 2. The zero-order chi connectivity index (χ0) is 11.4. The average Bonchev–Trinajstić information content (AvgIpc) is 2.18. The quantitative estimate of drug-likeness (QED) is 0.798. The van der Waals surface area contributed by atoms with Gasteiger partial charge in [-0.15, -0.1) is 0 Å². The number of pyridine rings is 1. The number of nitrogens with zero attached hydrogens (tertiary/aromatic N) is 1. The normalized spacial score (nSPS) is 12.3. The summed E-state index contributed by atoms with van der Waals surface area (Å²) in [7, 11) is 0. The van der Waals surface area contributed by atoms with Gasteiger partial charge in [-0.3, -0.25) is 4.79 Å². The van der Waals surface area contributed by atoms with E-state index < -0.39 is 6.10 Å². The van der Waals surface area contributed by atoms with Gasteiger partial charge in [-0.1, -0.05) is 23.2 Å². The van der Waals surface area contributed by atoms with Crippen LogP contribution in [0.5, 0.6) is 0 Å². The van der Waals surface area contributed by atoms with Gasteiger partial charge in [0.2, 0.25) is 0 Å². The van der Waals surface area contributed by atoms with E-state index in [2.05, 4.69) is 10.3 Å². The lowest BCUT2D eigenvalue weighted by molar-refractivity contribution is 0.0923. The Hall–Kier alpha value is -0.840. The molecule has 0 spiro atoms. The molecule has 0 aliphatic carbocycles. The maximum atomic E-state index is 11.4. The number of carbonyl (C=O) groups is 1. The van der Waals surface area contributed by atoms with Crippen molar-refractivity contribution in [2.24, 2.45) is 0 Å². The Labute approximate surface area is 97.2 Å². The standard InChI is InChI=1S/C9H10Cl2N2O2/c1-5(14)3-13-9(15)6-2-7(10)8(11)12-4-6/h2,4-5,14H,3H2,1H3,(H,13,15)/t5-/m0/s1. The Morgan fingerprint density at radius 3 is 2.87 bits per heavy atom. The minimum atomic E-state index is -0.593. The van der Waals surface area contributed by atoms with E-state index in [4.69, 9.17) is 28.3 Å². The number of amides is 1. The molecular formula is C9H10Cl2N2O2. The number of rotatable bonds is 3. The van der Waals surface area contributed by atoms with Gasteiger partial charge < -0.3 is 10.4 Å². The monoisotopic (exact) mass is 248 g/mol. The SMILES string of the molecule is C[C@H](O)CNC(=O)c1cnc(Cl)c(Cl)c1. The average molecular weight is 249 g/mol. The van der Waals surface area contributed by atoms with Crippen molar-refractivity contribution in [1.29, 1.82) is 0 Å². The topological polar surface area (TPSA) is 62.2 Å². The molecule has 4 nitrogen and oxygen atoms in total. The van der Waals surface area contributed by atoms with Crippen molar-refractivity contribution >= 4 is 29.1 Å². The summed E-state index contributed by atoms with van der Waals surface area (Å²) in [6, 6.07) is 1.42. The van der Waals surface area contributed by atoms with Gasteiger partial charge in [-0.05, 0) is 13.0 Å². The number of nitrogens with one attached hydrogen (secondary N) is 1. The highest BCUT2D eigenvalue weighted by Gasteiger charge is 2.09. The molecule has 82 valence electrons. The molecule has 1 rings (SSSR count). The van der Waals surface area contributed by atoms with Crippen LogP contribution in [0.1, 0.15) is 17.3 Å². The second kappa shape index (κ2) is 5.30. The molecule has 2 N–H and O–H groups in total. The minimum absolute atomic E-state index is 0.156. The van der Waals surface area contributed by atoms with Gasteiger partial charge in [-0.25, -0.2) is 4.98 Å². The molecule has 0 aliphatic heterocycles. The fourth-order valence-corrected chi connectivity index (χ4v) is 1.16. The number of aromatic nitrogens is 1. The van der Waals surface area contributed by atoms with E-state index in [1.54, 1.807) is 6.92 Å². The minimum Gasteiger partial charge on any atom is -0.392 e. The molecule has 0 aromatic carbocycles. The summed E-state index contributed by atoms with van der Waals surface area (Å²) in [6.45, 7) is 1.76. The van der Waals surface area contributed by atoms with E-state index in [1.807, 2.05) is 0 Å². The first kappa shape index (κ1) is 12.2. The molecule has 1 aromatic heterocycles. The van der Waals surface area contributed by atoms with Crippen LogP contribution in [-0.4, -0.2) is 28.6 Å². The van der Waals surface area contributed by atoms with Gasteiger partial charge in [0.1, 0.15) is 5.15 Å². The predicted octanol–water partition coefficient (Wildman–Crippen LogP) is 1.50. The summed E-state index contributed by atoms with van der Waals surface area (Å²) in [4.78, 5) is 15.2. The van der Waals surface area contributed by atoms with Crippen molar-refractivity contribution in [1.82, 2.24) is 10.3 Å². The van der Waals surface area contributed by atoms with E-state index >= 15 is 0 Å². The Balaban J connectivity index is 2.70. The third kappa shape index (κ3) is 3.66. The van der Waals surface area contributed by atoms with E-state index in [0.29, 0.717) is 5.56 Å². The third-order valence-electron chi connectivity index (χ3n) is 1.62. The molecule has 0 unspecified atom stereocenters. The maximum Gasteiger partial charge on any atom is 0.252 e. The van der Waals surface area contributed by atoms with E-state index in [-0.39, 0.29) is 22.6 Å². The van der Waals surface area contributed by atoms with Crippen molar-refractivity contribution in [2.75, 3.05) is 6.54 Å². The molecule has 1 amide bonds. The van der Waals surface area contributed by atoms with Crippen LogP contribution >= 0.6 is 23.2 Å². The zero-order valence-electron chi connectivity index (χ0n) is 8.00. The molecule has 1 aromatic rings. The van der Waals surface area contributed by atoms with Gasteiger partial charge >= 0.3 is 0 Å². The van der Waals surface area contributed by atoms with Crippen LogP contribution in [0, 0.1) is 0 Å². The van der Waals surface area contributed by atoms with E-state index in [0.717, 1.165) is 0 Å². The fourth-order valence-electron chi connectivity index (χ4n) is 0.888. The van der Waals surface area contributed by atoms with Gasteiger partial charge in [0.15, 0.2) is 0 Å². The van der Waals surface area contributed by atoms with Crippen molar-refractivity contribution in [2.45, 2.75) is 13.0 Å². The molecule has 1 atom stereocenters. The third-order valence-corrected chi connectivity index (χ3v) is 2.30. The lowest BCUT2D eigenvalue weighted by Gasteiger charge is -2.07. The zero-order valence-corrected chi connectivity index (χ0v) is 9.51. The number of aliphatic hydroxyl groups is 1. The first-order valence-corrected chi connectivity index (χ1v) is 5.03. The smallest absolute Gasteiger partial charge is 0.252 e. The second-order valence-electron chi connectivity index (χ2n) is 3.06. The Morgan fingerprint density at radius 2 is 2.33 bits per heavy atom. The highest BCUT2D eigenvalue weighted by molar-refractivity contribution is 6.41. The van der Waals surface area contributed by atoms with Crippen LogP contribution in [0.15, 0.2) is 12.3 Å². The Bertz CT molecular complexity index is 369. The molecule has 0 radical (unpaired) electrons. The van der Waals surface area contributed by atoms with Crippen LogP contribution in [0.25, 0.3) is 0 Å². The highest BCUT2D eigenvalue weighted by Crippen LogP contribution is 2.19. The van der Waals surface area contributed by atoms with Gasteiger partial charge in [0.25, 0.3) is 5.91 Å². The lowest BCUT2D eigenvalue weighted by atomic mass is 10.2. The van der Waals surface area contributed by atoms with E-state index in [1.165, 1.54) is 12.3 Å². The van der Waals surface area contributed by atoms with Crippen LogP contribution in [-0.2, 0) is 0 Å². The molecule has 0 saturated heterocycles. The van der Waals surface area contributed by atoms with Crippen molar-refractivity contribution < 1.29 is 9.90 Å². The second-order valence-corrected chi connectivity index (χ2v) is 3.82. The number of hydrogen-bond acceptors (Lipinski definition) is 3. The number of carbonyl (C=O) groups excluding carboxylic acids is 1. The molecule has 0 aliphatic rings. The maximum absolute atomic E-state index is 11.4. The van der Waals surface area contributed by atoms with Gasteiger partial charge in [0.05, 0.1) is 16.7 Å². The molecule has 0 fully saturated rings. The molecule has 6 heteroatoms. The van der Waals surface area contributed by atoms with Crippen molar-refractivity contribution in [3.05, 3.63) is 28.0 Å². The highest BCUT2D eigenvalue weighted by atomic mass is 35.5. The summed E-state index contributed by atoms with van der Waals surface area (Å²) >= 11 is 11.3. The summed E-state index contributed by atoms with van der Waals surface area (Å²) in [5, 5.41) is 11.9. The largest absolute Gasteiger partial charge is 0.392 e. The van der Waals surface area contributed by atoms with Crippen LogP contribution in [0.2, 0.25) is 10.2 Å². The van der Waals surface area contributed by atoms with Gasteiger partial charge in [-0.2, -0.15) is 0 Å². The van der Waals surface area contributed by atoms with E-state index in [9.17, 15) is 4.79 Å². The summed E-state index contributed by atoms with van der Waals surface area (Å²) in [5.41, 5.74) is 0.310. The first-order valence-electron chi connectivity index (χ1n) is 4.28. The fraction of sp³-hybridized carbons (Fsp3) is 0.333. The van der Waals surface area contributed by atoms with Crippen LogP contribution < -0.4 is 5.32 Å². The first-order chi connectivity index (χ1) is 7.00. The molecule has 0 saturated carbocycles. The molecular weight excluding hydrogens is 239 g/mol. The van der Waals surface area contributed by atoms with Crippen LogP contribution in [0.3, 0.4) is 0 Å². The molecule has 0 bridgehead atoms. The summed E-state index contributed by atoms with van der Waals surface area (Å²) < 4.78 is 0.